The third-order valence-electron chi connectivity index (χ3n) is 5.44. The molecule has 0 radical (unpaired) electrons. The largest absolute Gasteiger partial charge is 0.434 e. The molecule has 2 aliphatic rings. The molecule has 27 heavy (non-hydrogen) atoms. The number of nitrogens with one attached hydrogen (secondary N) is 1. The number of benzene rings is 1. The average Bonchev–Trinajstić information content (AvgIpc) is 3.30. The lowest BCUT2D eigenvalue weighted by molar-refractivity contribution is -0.125. The predicted octanol–water partition coefficient (Wildman–Crippen LogP) is 2.14. The van der Waals surface area contributed by atoms with Crippen LogP contribution in [-0.2, 0) is 4.79 Å². The van der Waals surface area contributed by atoms with Gasteiger partial charge in [0.15, 0.2) is 0 Å². The number of amides is 2. The third-order valence-corrected chi connectivity index (χ3v) is 5.44. The van der Waals surface area contributed by atoms with Crippen molar-refractivity contribution in [3.05, 3.63) is 29.8 Å². The first-order valence-corrected chi connectivity index (χ1v) is 9.36. The lowest BCUT2D eigenvalue weighted by atomic mass is 10.0. The van der Waals surface area contributed by atoms with Gasteiger partial charge in [0, 0.05) is 12.6 Å². The summed E-state index contributed by atoms with van der Waals surface area (Å²) in [6.07, 6.45) is 4.15. The van der Waals surface area contributed by atoms with Gasteiger partial charge in [-0.05, 0) is 50.3 Å². The van der Waals surface area contributed by atoms with Crippen molar-refractivity contribution in [3.8, 4) is 5.75 Å². The summed E-state index contributed by atoms with van der Waals surface area (Å²) >= 11 is 0. The minimum absolute atomic E-state index is 0.0366. The van der Waals surface area contributed by atoms with Crippen LogP contribution in [0.25, 0.3) is 0 Å². The lowest BCUT2D eigenvalue weighted by Gasteiger charge is -2.27. The SMILES string of the molecule is NCC1CCCC1NC(=O)C1CCCN1C(=O)c1ccccc1OC(F)F. The summed E-state index contributed by atoms with van der Waals surface area (Å²) in [5.74, 6) is -0.577. The van der Waals surface area contributed by atoms with Crippen molar-refractivity contribution >= 4 is 11.8 Å². The maximum absolute atomic E-state index is 12.9. The van der Waals surface area contributed by atoms with Crippen LogP contribution in [0.4, 0.5) is 8.78 Å². The smallest absolute Gasteiger partial charge is 0.387 e. The number of alkyl halides is 2. The molecule has 1 saturated carbocycles. The number of rotatable bonds is 6. The summed E-state index contributed by atoms with van der Waals surface area (Å²) in [5, 5.41) is 3.04. The summed E-state index contributed by atoms with van der Waals surface area (Å²) < 4.78 is 29.7. The third kappa shape index (κ3) is 4.37. The second kappa shape index (κ2) is 8.65. The van der Waals surface area contributed by atoms with E-state index < -0.39 is 18.6 Å². The molecule has 0 bridgehead atoms. The van der Waals surface area contributed by atoms with Gasteiger partial charge in [0.05, 0.1) is 5.56 Å². The summed E-state index contributed by atoms with van der Waals surface area (Å²) in [7, 11) is 0. The van der Waals surface area contributed by atoms with Gasteiger partial charge in [-0.15, -0.1) is 0 Å². The molecular weight excluding hydrogens is 356 g/mol. The molecule has 3 rings (SSSR count). The molecule has 1 saturated heterocycles. The van der Waals surface area contributed by atoms with E-state index in [0.29, 0.717) is 25.9 Å². The first kappa shape index (κ1) is 19.5. The molecule has 1 aromatic carbocycles. The zero-order valence-electron chi connectivity index (χ0n) is 15.1. The molecule has 3 N–H and O–H groups in total. The van der Waals surface area contributed by atoms with Gasteiger partial charge in [-0.2, -0.15) is 8.78 Å². The first-order chi connectivity index (χ1) is 13.0. The van der Waals surface area contributed by atoms with E-state index in [4.69, 9.17) is 5.73 Å². The van der Waals surface area contributed by atoms with E-state index in [1.54, 1.807) is 6.07 Å². The van der Waals surface area contributed by atoms with Crippen LogP contribution in [-0.4, -0.2) is 48.5 Å². The highest BCUT2D eigenvalue weighted by Crippen LogP contribution is 2.28. The molecule has 1 aliphatic carbocycles. The van der Waals surface area contributed by atoms with Crippen molar-refractivity contribution in [2.45, 2.75) is 50.8 Å². The number of halogens is 2. The summed E-state index contributed by atoms with van der Waals surface area (Å²) in [6.45, 7) is -2.09. The highest BCUT2D eigenvalue weighted by Gasteiger charge is 2.37. The Kier molecular flexibility index (Phi) is 6.26. The zero-order chi connectivity index (χ0) is 19.4. The number of nitrogens with two attached hydrogens (primary N) is 1. The van der Waals surface area contributed by atoms with Crippen LogP contribution in [0.15, 0.2) is 24.3 Å². The van der Waals surface area contributed by atoms with Gasteiger partial charge in [-0.25, -0.2) is 0 Å². The zero-order valence-corrected chi connectivity index (χ0v) is 15.1. The molecule has 2 amide bonds. The molecule has 1 aromatic rings. The number of carbonyl (C=O) groups excluding carboxylic acids is 2. The molecular formula is C19H25F2N3O3. The number of nitrogens with zero attached hydrogens (tertiary/aromatic N) is 1. The van der Waals surface area contributed by atoms with E-state index in [1.807, 2.05) is 0 Å². The second-order valence-electron chi connectivity index (χ2n) is 7.07. The first-order valence-electron chi connectivity index (χ1n) is 9.36. The van der Waals surface area contributed by atoms with Crippen LogP contribution in [0.1, 0.15) is 42.5 Å². The van der Waals surface area contributed by atoms with E-state index in [2.05, 4.69) is 10.1 Å². The van der Waals surface area contributed by atoms with Crippen molar-refractivity contribution in [2.75, 3.05) is 13.1 Å². The quantitative estimate of drug-likeness (QED) is 0.791. The molecule has 8 heteroatoms. The summed E-state index contributed by atoms with van der Waals surface area (Å²) in [4.78, 5) is 27.2. The van der Waals surface area contributed by atoms with Crippen LogP contribution in [0.2, 0.25) is 0 Å². The number of hydrogen-bond donors (Lipinski definition) is 2. The molecule has 1 heterocycles. The molecule has 2 fully saturated rings. The minimum Gasteiger partial charge on any atom is -0.434 e. The van der Waals surface area contributed by atoms with Crippen molar-refractivity contribution in [1.29, 1.82) is 0 Å². The maximum Gasteiger partial charge on any atom is 0.387 e. The number of hydrogen-bond acceptors (Lipinski definition) is 4. The van der Waals surface area contributed by atoms with E-state index in [9.17, 15) is 18.4 Å². The van der Waals surface area contributed by atoms with Gasteiger partial charge in [-0.3, -0.25) is 9.59 Å². The lowest BCUT2D eigenvalue weighted by Crippen LogP contribution is -2.50. The molecule has 3 unspecified atom stereocenters. The molecule has 6 nitrogen and oxygen atoms in total. The van der Waals surface area contributed by atoms with Gasteiger partial charge >= 0.3 is 6.61 Å². The van der Waals surface area contributed by atoms with E-state index in [-0.39, 0.29) is 29.2 Å². The summed E-state index contributed by atoms with van der Waals surface area (Å²) in [5.41, 5.74) is 5.81. The number of carbonyl (C=O) groups is 2. The van der Waals surface area contributed by atoms with Gasteiger partial charge in [0.25, 0.3) is 5.91 Å². The number of ether oxygens (including phenoxy) is 1. The topological polar surface area (TPSA) is 84.7 Å². The van der Waals surface area contributed by atoms with Gasteiger partial charge in [0.1, 0.15) is 11.8 Å². The molecule has 148 valence electrons. The molecule has 0 aromatic heterocycles. The fraction of sp³-hybridized carbons (Fsp3) is 0.579. The maximum atomic E-state index is 12.9. The van der Waals surface area contributed by atoms with E-state index in [1.165, 1.54) is 23.1 Å². The van der Waals surface area contributed by atoms with Gasteiger partial charge < -0.3 is 20.7 Å². The fourth-order valence-corrected chi connectivity index (χ4v) is 4.07. The van der Waals surface area contributed by atoms with Crippen molar-refractivity contribution < 1.29 is 23.1 Å². The average molecular weight is 381 g/mol. The Balaban J connectivity index is 1.72. The normalized spacial score (nSPS) is 25.0. The van der Waals surface area contributed by atoms with Gasteiger partial charge in [-0.1, -0.05) is 18.6 Å². The van der Waals surface area contributed by atoms with Crippen molar-refractivity contribution in [1.82, 2.24) is 10.2 Å². The van der Waals surface area contributed by atoms with E-state index >= 15 is 0 Å². The van der Waals surface area contributed by atoms with Crippen molar-refractivity contribution in [2.24, 2.45) is 11.7 Å². The predicted molar refractivity (Wildman–Crippen MR) is 95.5 cm³/mol. The van der Waals surface area contributed by atoms with Crippen LogP contribution in [0.5, 0.6) is 5.75 Å². The molecule has 3 atom stereocenters. The van der Waals surface area contributed by atoms with Crippen LogP contribution < -0.4 is 15.8 Å². The number of para-hydroxylation sites is 1. The summed E-state index contributed by atoms with van der Waals surface area (Å²) in [6, 6.07) is 5.31. The monoisotopic (exact) mass is 381 g/mol. The fourth-order valence-electron chi connectivity index (χ4n) is 4.07. The van der Waals surface area contributed by atoms with Gasteiger partial charge in [0.2, 0.25) is 5.91 Å². The van der Waals surface area contributed by atoms with Crippen LogP contribution >= 0.6 is 0 Å². The standard InChI is InChI=1S/C19H25F2N3O3/c20-19(21)27-16-9-2-1-6-13(16)18(26)24-10-4-8-15(24)17(25)23-14-7-3-5-12(14)11-22/h1-2,6,9,12,14-15,19H,3-5,7-8,10-11,22H2,(H,23,25). The number of likely N-dealkylation sites (tertiary alicyclic amines) is 1. The highest BCUT2D eigenvalue weighted by atomic mass is 19.3. The Morgan fingerprint density at radius 2 is 2.00 bits per heavy atom. The molecule has 0 spiro atoms. The Morgan fingerprint density at radius 1 is 1.22 bits per heavy atom. The second-order valence-corrected chi connectivity index (χ2v) is 7.07. The highest BCUT2D eigenvalue weighted by molar-refractivity contribution is 6.00. The Hall–Kier alpha value is -2.22. The molecule has 1 aliphatic heterocycles. The Morgan fingerprint density at radius 3 is 2.74 bits per heavy atom. The van der Waals surface area contributed by atoms with Crippen LogP contribution in [0.3, 0.4) is 0 Å². The van der Waals surface area contributed by atoms with E-state index in [0.717, 1.165) is 19.3 Å². The Bertz CT molecular complexity index is 686. The minimum atomic E-state index is -3.02. The van der Waals surface area contributed by atoms with Crippen LogP contribution in [0, 0.1) is 5.92 Å². The Labute approximate surface area is 157 Å². The van der Waals surface area contributed by atoms with Crippen molar-refractivity contribution in [3.63, 3.8) is 0 Å².